The number of β-lactam (4-membered cyclic amide) rings is 1. The van der Waals surface area contributed by atoms with Crippen molar-refractivity contribution in [2.45, 2.75) is 24.1 Å². The molecule has 1 aliphatic heterocycles. The van der Waals surface area contributed by atoms with Crippen molar-refractivity contribution in [1.82, 2.24) is 4.90 Å². The van der Waals surface area contributed by atoms with Gasteiger partial charge in [-0.3, -0.25) is 4.79 Å². The molecule has 1 aliphatic rings. The summed E-state index contributed by atoms with van der Waals surface area (Å²) in [5.41, 5.74) is 8.72. The fourth-order valence-corrected chi connectivity index (χ4v) is 4.20. The number of nitrogens with zero attached hydrogens (tertiary/aromatic N) is 1. The van der Waals surface area contributed by atoms with E-state index >= 15 is 0 Å². The lowest BCUT2D eigenvalue weighted by molar-refractivity contribution is -0.164. The lowest BCUT2D eigenvalue weighted by Crippen LogP contribution is -2.70. The molecule has 0 aliphatic carbocycles. The Labute approximate surface area is 197 Å². The topological polar surface area (TPSA) is 81.9 Å². The van der Waals surface area contributed by atoms with Crippen molar-refractivity contribution in [3.63, 3.8) is 0 Å². The van der Waals surface area contributed by atoms with Gasteiger partial charge in [-0.2, -0.15) is 0 Å². The Morgan fingerprint density at radius 2 is 1.55 bits per heavy atom. The molecular weight excluding hydrogens is 436 g/mol. The number of likely N-dealkylation sites (tertiary alicyclic amines) is 1. The van der Waals surface area contributed by atoms with Gasteiger partial charge in [0.1, 0.15) is 19.0 Å². The molecule has 3 aromatic carbocycles. The van der Waals surface area contributed by atoms with E-state index in [1.54, 1.807) is 30.5 Å². The number of carbonyl (C=O) groups excluding carboxylic acids is 2. The summed E-state index contributed by atoms with van der Waals surface area (Å²) >= 11 is 1.28. The van der Waals surface area contributed by atoms with Gasteiger partial charge in [-0.15, -0.1) is 11.8 Å². The molecule has 1 heterocycles. The van der Waals surface area contributed by atoms with Crippen LogP contribution in [-0.2, 0) is 27.5 Å². The Balaban J connectivity index is 1.49. The highest BCUT2D eigenvalue weighted by atomic mass is 32.2. The van der Waals surface area contributed by atoms with Gasteiger partial charge in [-0.05, 0) is 35.1 Å². The maximum atomic E-state index is 13.1. The number of esters is 1. The highest BCUT2D eigenvalue weighted by Gasteiger charge is 2.53. The average molecular weight is 463 g/mol. The second-order valence-electron chi connectivity index (χ2n) is 7.87. The van der Waals surface area contributed by atoms with Crippen molar-refractivity contribution in [2.24, 2.45) is 5.73 Å². The molecule has 7 heteroatoms. The SMILES string of the molecule is CSC1(N)CN(C(C(=O)OCc2ccccc2)c2ccc(OCc3ccccc3)cc2)C1=O. The van der Waals surface area contributed by atoms with Crippen LogP contribution in [-0.4, -0.2) is 34.4 Å². The van der Waals surface area contributed by atoms with Gasteiger partial charge in [0.05, 0.1) is 6.54 Å². The number of amides is 1. The summed E-state index contributed by atoms with van der Waals surface area (Å²) in [6, 6.07) is 25.6. The zero-order valence-electron chi connectivity index (χ0n) is 18.3. The number of thioether (sulfide) groups is 1. The summed E-state index contributed by atoms with van der Waals surface area (Å²) in [6.07, 6.45) is 1.79. The second-order valence-corrected chi connectivity index (χ2v) is 9.00. The van der Waals surface area contributed by atoms with Crippen LogP contribution in [0.15, 0.2) is 84.9 Å². The number of hydrogen-bond donors (Lipinski definition) is 1. The smallest absolute Gasteiger partial charge is 0.333 e. The first kappa shape index (κ1) is 22.9. The molecule has 2 atom stereocenters. The predicted molar refractivity (Wildman–Crippen MR) is 128 cm³/mol. The Morgan fingerprint density at radius 1 is 0.970 bits per heavy atom. The maximum Gasteiger partial charge on any atom is 0.333 e. The molecule has 1 fully saturated rings. The molecule has 4 rings (SSSR count). The maximum absolute atomic E-state index is 13.1. The molecule has 2 N–H and O–H groups in total. The fourth-order valence-electron chi connectivity index (χ4n) is 3.64. The van der Waals surface area contributed by atoms with E-state index in [1.807, 2.05) is 60.7 Å². The molecule has 0 saturated carbocycles. The van der Waals surface area contributed by atoms with Gasteiger partial charge in [0, 0.05) is 0 Å². The molecule has 1 saturated heterocycles. The molecule has 0 spiro atoms. The van der Waals surface area contributed by atoms with Crippen LogP contribution in [0.1, 0.15) is 22.7 Å². The average Bonchev–Trinajstić information content (AvgIpc) is 2.87. The Hall–Kier alpha value is -3.29. The molecule has 0 aromatic heterocycles. The van der Waals surface area contributed by atoms with Crippen LogP contribution < -0.4 is 10.5 Å². The lowest BCUT2D eigenvalue weighted by atomic mass is 9.98. The molecule has 170 valence electrons. The molecular formula is C26H26N2O4S. The molecule has 2 unspecified atom stereocenters. The molecule has 6 nitrogen and oxygen atoms in total. The van der Waals surface area contributed by atoms with E-state index in [9.17, 15) is 9.59 Å². The minimum Gasteiger partial charge on any atom is -0.489 e. The Bertz CT molecular complexity index is 1090. The van der Waals surface area contributed by atoms with Gasteiger partial charge in [0.2, 0.25) is 0 Å². The summed E-state index contributed by atoms with van der Waals surface area (Å²) in [7, 11) is 0. The Morgan fingerprint density at radius 3 is 2.09 bits per heavy atom. The number of benzene rings is 3. The molecule has 0 bridgehead atoms. The first-order valence-electron chi connectivity index (χ1n) is 10.6. The van der Waals surface area contributed by atoms with E-state index in [-0.39, 0.29) is 19.1 Å². The van der Waals surface area contributed by atoms with Gasteiger partial charge >= 0.3 is 5.97 Å². The van der Waals surface area contributed by atoms with Crippen molar-refractivity contribution in [1.29, 1.82) is 0 Å². The van der Waals surface area contributed by atoms with E-state index in [0.717, 1.165) is 11.1 Å². The molecule has 1 amide bonds. The van der Waals surface area contributed by atoms with Crippen molar-refractivity contribution < 1.29 is 19.1 Å². The number of nitrogens with two attached hydrogens (primary N) is 1. The first-order valence-corrected chi connectivity index (χ1v) is 11.8. The van der Waals surface area contributed by atoms with Crippen LogP contribution in [0.3, 0.4) is 0 Å². The van der Waals surface area contributed by atoms with Crippen LogP contribution in [0.5, 0.6) is 5.75 Å². The van der Waals surface area contributed by atoms with E-state index in [4.69, 9.17) is 15.2 Å². The quantitative estimate of drug-likeness (QED) is 0.295. The Kier molecular flexibility index (Phi) is 7.01. The summed E-state index contributed by atoms with van der Waals surface area (Å²) in [5, 5.41) is 0. The summed E-state index contributed by atoms with van der Waals surface area (Å²) < 4.78 is 11.4. The first-order chi connectivity index (χ1) is 16.0. The zero-order valence-corrected chi connectivity index (χ0v) is 19.2. The molecule has 0 radical (unpaired) electrons. The van der Waals surface area contributed by atoms with E-state index in [0.29, 0.717) is 17.9 Å². The fraction of sp³-hybridized carbons (Fsp3) is 0.231. The number of rotatable bonds is 9. The minimum atomic E-state index is -1.00. The summed E-state index contributed by atoms with van der Waals surface area (Å²) in [4.78, 5) is 26.4. The molecule has 33 heavy (non-hydrogen) atoms. The standard InChI is InChI=1S/C26H26N2O4S/c1-33-26(27)18-28(25(26)30)23(24(29)32-17-20-10-6-3-7-11-20)21-12-14-22(15-13-21)31-16-19-8-4-2-5-9-19/h2-15,23H,16-18,27H2,1H3. The lowest BCUT2D eigenvalue weighted by Gasteiger charge is -2.48. The number of ether oxygens (including phenoxy) is 2. The van der Waals surface area contributed by atoms with Gasteiger partial charge < -0.3 is 20.1 Å². The van der Waals surface area contributed by atoms with E-state index in [1.165, 1.54) is 16.7 Å². The van der Waals surface area contributed by atoms with Crippen LogP contribution >= 0.6 is 11.8 Å². The van der Waals surface area contributed by atoms with E-state index < -0.39 is 16.9 Å². The summed E-state index contributed by atoms with van der Waals surface area (Å²) in [5.74, 6) is -0.0967. The van der Waals surface area contributed by atoms with Crippen molar-refractivity contribution in [3.05, 3.63) is 102 Å². The van der Waals surface area contributed by atoms with E-state index in [2.05, 4.69) is 0 Å². The van der Waals surface area contributed by atoms with Gasteiger partial charge in [-0.25, -0.2) is 4.79 Å². The van der Waals surface area contributed by atoms with Crippen LogP contribution in [0, 0.1) is 0 Å². The third-order valence-corrected chi connectivity index (χ3v) is 6.63. The predicted octanol–water partition coefficient (Wildman–Crippen LogP) is 3.91. The van der Waals surface area contributed by atoms with Crippen LogP contribution in [0.4, 0.5) is 0 Å². The van der Waals surface area contributed by atoms with Crippen molar-refractivity contribution in [2.75, 3.05) is 12.8 Å². The highest BCUT2D eigenvalue weighted by molar-refractivity contribution is 8.00. The van der Waals surface area contributed by atoms with Crippen LogP contribution in [0.25, 0.3) is 0 Å². The van der Waals surface area contributed by atoms with Crippen molar-refractivity contribution >= 4 is 23.6 Å². The highest BCUT2D eigenvalue weighted by Crippen LogP contribution is 2.37. The third-order valence-electron chi connectivity index (χ3n) is 5.60. The summed E-state index contributed by atoms with van der Waals surface area (Å²) in [6.45, 7) is 0.841. The third kappa shape index (κ3) is 5.21. The number of carbonyl (C=O) groups is 2. The second kappa shape index (κ2) is 10.1. The van der Waals surface area contributed by atoms with Gasteiger partial charge in [0.25, 0.3) is 5.91 Å². The zero-order chi connectivity index (χ0) is 23.3. The molecule has 3 aromatic rings. The largest absolute Gasteiger partial charge is 0.489 e. The van der Waals surface area contributed by atoms with Gasteiger partial charge in [-0.1, -0.05) is 72.8 Å². The van der Waals surface area contributed by atoms with Crippen molar-refractivity contribution in [3.8, 4) is 5.75 Å². The number of hydrogen-bond acceptors (Lipinski definition) is 6. The minimum absolute atomic E-state index is 0.132. The van der Waals surface area contributed by atoms with Gasteiger partial charge in [0.15, 0.2) is 10.9 Å². The van der Waals surface area contributed by atoms with Crippen LogP contribution in [0.2, 0.25) is 0 Å². The normalized spacial score (nSPS) is 18.4. The monoisotopic (exact) mass is 462 g/mol.